The molecule has 0 aromatic heterocycles. The molecule has 0 aliphatic carbocycles. The Labute approximate surface area is 85.9 Å². The quantitative estimate of drug-likeness (QED) is 0.726. The Morgan fingerprint density at radius 1 is 1.29 bits per heavy atom. The van der Waals surface area contributed by atoms with E-state index in [1.165, 1.54) is 12.8 Å². The number of ether oxygens (including phenoxy) is 2. The Bertz CT molecular complexity index is 175. The maximum Gasteiger partial charge on any atom is 0.0551 e. The Hall–Kier alpha value is -0.120. The van der Waals surface area contributed by atoms with Crippen molar-refractivity contribution in [3.8, 4) is 0 Å². The van der Waals surface area contributed by atoms with Gasteiger partial charge in [0.15, 0.2) is 0 Å². The van der Waals surface area contributed by atoms with Gasteiger partial charge in [-0.3, -0.25) is 0 Å². The molecule has 2 rings (SSSR count). The highest BCUT2D eigenvalue weighted by Gasteiger charge is 2.32. The average Bonchev–Trinajstić information content (AvgIpc) is 2.65. The minimum absolute atomic E-state index is 0.278. The van der Waals surface area contributed by atoms with Crippen LogP contribution < -0.4 is 5.73 Å². The number of hydrogen-bond acceptors (Lipinski definition) is 3. The van der Waals surface area contributed by atoms with E-state index in [4.69, 9.17) is 15.2 Å². The zero-order chi connectivity index (χ0) is 9.97. The molecule has 0 bridgehead atoms. The third-order valence-corrected chi connectivity index (χ3v) is 3.51. The Morgan fingerprint density at radius 2 is 2.14 bits per heavy atom. The predicted octanol–water partition coefficient (Wildman–Crippen LogP) is 1.17. The van der Waals surface area contributed by atoms with Crippen molar-refractivity contribution < 1.29 is 9.47 Å². The lowest BCUT2D eigenvalue weighted by Gasteiger charge is -2.30. The third-order valence-electron chi connectivity index (χ3n) is 3.51. The van der Waals surface area contributed by atoms with E-state index in [0.29, 0.717) is 17.9 Å². The van der Waals surface area contributed by atoms with Crippen LogP contribution in [0.5, 0.6) is 0 Å². The van der Waals surface area contributed by atoms with Crippen molar-refractivity contribution in [3.05, 3.63) is 0 Å². The fourth-order valence-corrected chi connectivity index (χ4v) is 2.57. The summed E-state index contributed by atoms with van der Waals surface area (Å²) in [4.78, 5) is 0. The van der Waals surface area contributed by atoms with Crippen LogP contribution >= 0.6 is 0 Å². The molecule has 3 nitrogen and oxygen atoms in total. The molecule has 0 spiro atoms. The van der Waals surface area contributed by atoms with Gasteiger partial charge in [-0.25, -0.2) is 0 Å². The molecule has 2 aliphatic heterocycles. The van der Waals surface area contributed by atoms with Crippen molar-refractivity contribution in [2.75, 3.05) is 19.8 Å². The standard InChI is InChI=1S/C11H21NO2/c1-8-5-10(7-14-8)11(12)9-3-2-4-13-6-9/h8-11H,2-7,12H2,1H3. The lowest BCUT2D eigenvalue weighted by Crippen LogP contribution is -2.41. The second-order valence-electron chi connectivity index (χ2n) is 4.69. The molecule has 2 saturated heterocycles. The van der Waals surface area contributed by atoms with Crippen molar-refractivity contribution in [2.45, 2.75) is 38.3 Å². The van der Waals surface area contributed by atoms with Crippen LogP contribution in [0.25, 0.3) is 0 Å². The topological polar surface area (TPSA) is 44.5 Å². The fraction of sp³-hybridized carbons (Fsp3) is 1.00. The maximum absolute atomic E-state index is 6.26. The van der Waals surface area contributed by atoms with Gasteiger partial charge in [0.1, 0.15) is 0 Å². The highest BCUT2D eigenvalue weighted by molar-refractivity contribution is 4.85. The van der Waals surface area contributed by atoms with E-state index in [-0.39, 0.29) is 6.04 Å². The molecule has 4 atom stereocenters. The summed E-state index contributed by atoms with van der Waals surface area (Å²) < 4.78 is 11.0. The number of rotatable bonds is 2. The molecule has 0 saturated carbocycles. The first-order chi connectivity index (χ1) is 6.77. The summed E-state index contributed by atoms with van der Waals surface area (Å²) in [7, 11) is 0. The second kappa shape index (κ2) is 4.60. The van der Waals surface area contributed by atoms with Crippen LogP contribution in [0, 0.1) is 11.8 Å². The molecule has 0 aromatic carbocycles. The Balaban J connectivity index is 1.84. The van der Waals surface area contributed by atoms with Crippen LogP contribution in [0.4, 0.5) is 0 Å². The second-order valence-corrected chi connectivity index (χ2v) is 4.69. The first-order valence-corrected chi connectivity index (χ1v) is 5.72. The lowest BCUT2D eigenvalue weighted by molar-refractivity contribution is 0.0343. The zero-order valence-corrected chi connectivity index (χ0v) is 8.95. The molecule has 0 aromatic rings. The molecule has 2 heterocycles. The SMILES string of the molecule is CC1CC(C(N)C2CCCOC2)CO1. The minimum Gasteiger partial charge on any atom is -0.381 e. The first kappa shape index (κ1) is 10.4. The summed E-state index contributed by atoms with van der Waals surface area (Å²) in [5.74, 6) is 1.11. The third kappa shape index (κ3) is 2.27. The molecule has 4 unspecified atom stereocenters. The van der Waals surface area contributed by atoms with Gasteiger partial charge in [0, 0.05) is 18.6 Å². The largest absolute Gasteiger partial charge is 0.381 e. The summed E-state index contributed by atoms with van der Waals surface area (Å²) in [6.07, 6.45) is 3.92. The van der Waals surface area contributed by atoms with Crippen LogP contribution in [-0.4, -0.2) is 32.0 Å². The Kier molecular flexibility index (Phi) is 3.42. The van der Waals surface area contributed by atoms with E-state index in [2.05, 4.69) is 6.92 Å². The summed E-state index contributed by atoms with van der Waals surface area (Å²) in [5, 5.41) is 0. The summed E-state index contributed by atoms with van der Waals surface area (Å²) in [5.41, 5.74) is 6.26. The van der Waals surface area contributed by atoms with Crippen LogP contribution in [0.15, 0.2) is 0 Å². The van der Waals surface area contributed by atoms with Crippen molar-refractivity contribution in [2.24, 2.45) is 17.6 Å². The van der Waals surface area contributed by atoms with Crippen LogP contribution in [0.2, 0.25) is 0 Å². The van der Waals surface area contributed by atoms with Gasteiger partial charge in [-0.2, -0.15) is 0 Å². The molecule has 2 aliphatic rings. The van der Waals surface area contributed by atoms with Crippen molar-refractivity contribution in [1.82, 2.24) is 0 Å². The van der Waals surface area contributed by atoms with Crippen LogP contribution in [0.3, 0.4) is 0 Å². The summed E-state index contributed by atoms with van der Waals surface area (Å²) in [6.45, 7) is 4.75. The van der Waals surface area contributed by atoms with Gasteiger partial charge in [-0.1, -0.05) is 0 Å². The molecule has 2 N–H and O–H groups in total. The zero-order valence-electron chi connectivity index (χ0n) is 8.95. The van der Waals surface area contributed by atoms with E-state index in [1.807, 2.05) is 0 Å². The van der Waals surface area contributed by atoms with E-state index < -0.39 is 0 Å². The Morgan fingerprint density at radius 3 is 2.71 bits per heavy atom. The smallest absolute Gasteiger partial charge is 0.0551 e. The van der Waals surface area contributed by atoms with E-state index >= 15 is 0 Å². The summed E-state index contributed by atoms with van der Waals surface area (Å²) >= 11 is 0. The molecule has 82 valence electrons. The molecular formula is C11H21NO2. The molecular weight excluding hydrogens is 178 g/mol. The van der Waals surface area contributed by atoms with Crippen LogP contribution in [0.1, 0.15) is 26.2 Å². The molecule has 14 heavy (non-hydrogen) atoms. The highest BCUT2D eigenvalue weighted by atomic mass is 16.5. The number of nitrogens with two attached hydrogens (primary N) is 1. The molecule has 2 fully saturated rings. The number of hydrogen-bond donors (Lipinski definition) is 1. The molecule has 0 amide bonds. The highest BCUT2D eigenvalue weighted by Crippen LogP contribution is 2.28. The molecule has 0 radical (unpaired) electrons. The van der Waals surface area contributed by atoms with E-state index in [0.717, 1.165) is 26.2 Å². The minimum atomic E-state index is 0.278. The van der Waals surface area contributed by atoms with Gasteiger partial charge in [-0.05, 0) is 32.1 Å². The maximum atomic E-state index is 6.26. The predicted molar refractivity (Wildman–Crippen MR) is 55.0 cm³/mol. The van der Waals surface area contributed by atoms with Gasteiger partial charge in [0.2, 0.25) is 0 Å². The van der Waals surface area contributed by atoms with E-state index in [1.54, 1.807) is 0 Å². The van der Waals surface area contributed by atoms with Crippen molar-refractivity contribution in [3.63, 3.8) is 0 Å². The summed E-state index contributed by atoms with van der Waals surface area (Å²) in [6, 6.07) is 0.278. The van der Waals surface area contributed by atoms with Gasteiger partial charge < -0.3 is 15.2 Å². The van der Waals surface area contributed by atoms with Gasteiger partial charge >= 0.3 is 0 Å². The fourth-order valence-electron chi connectivity index (χ4n) is 2.57. The normalized spacial score (nSPS) is 41.1. The molecule has 3 heteroatoms. The van der Waals surface area contributed by atoms with Crippen molar-refractivity contribution in [1.29, 1.82) is 0 Å². The van der Waals surface area contributed by atoms with Crippen molar-refractivity contribution >= 4 is 0 Å². The average molecular weight is 199 g/mol. The van der Waals surface area contributed by atoms with Gasteiger partial charge in [-0.15, -0.1) is 0 Å². The monoisotopic (exact) mass is 199 g/mol. The lowest BCUT2D eigenvalue weighted by atomic mass is 9.84. The van der Waals surface area contributed by atoms with Gasteiger partial charge in [0.05, 0.1) is 19.3 Å². The van der Waals surface area contributed by atoms with E-state index in [9.17, 15) is 0 Å². The van der Waals surface area contributed by atoms with Gasteiger partial charge in [0.25, 0.3) is 0 Å². The first-order valence-electron chi connectivity index (χ1n) is 5.72. The van der Waals surface area contributed by atoms with Crippen LogP contribution in [-0.2, 0) is 9.47 Å².